The average molecular weight is 670 g/mol. The molecule has 262 valence electrons. The van der Waals surface area contributed by atoms with Gasteiger partial charge < -0.3 is 38.5 Å². The zero-order valence-corrected chi connectivity index (χ0v) is 28.1. The van der Waals surface area contributed by atoms with E-state index in [0.29, 0.717) is 13.0 Å². The fourth-order valence-corrected chi connectivity index (χ4v) is 5.37. The lowest BCUT2D eigenvalue weighted by atomic mass is 9.84. The molecule has 1 N–H and O–H groups in total. The summed E-state index contributed by atoms with van der Waals surface area (Å²) in [4.78, 5) is 47.4. The predicted molar refractivity (Wildman–Crippen MR) is 178 cm³/mol. The second kappa shape index (κ2) is 20.9. The van der Waals surface area contributed by atoms with Crippen molar-refractivity contribution in [2.45, 2.75) is 45.1 Å². The number of ether oxygens (including phenoxy) is 7. The first-order chi connectivity index (χ1) is 23.3. The van der Waals surface area contributed by atoms with Gasteiger partial charge in [0.15, 0.2) is 0 Å². The topological polar surface area (TPSA) is 145 Å². The standard InChI is InChI=1S/C36H47NO11/c1-42-32(38)21-45-24-36(25-46-22-33(39)43-2,26-47-23-34(40)44-3)17-11-5-4-6-12-18-37-35(41)48-20-31-29-15-9-7-13-27(29)19-28-14-8-10-16-30(28)31/h7-10,13-16,19H,4-6,11-12,17-18,20-26H2,1-3H3,(H,37,41). The molecule has 0 bridgehead atoms. The number of hydrogen-bond donors (Lipinski definition) is 1. The normalized spacial score (nSPS) is 11.3. The van der Waals surface area contributed by atoms with Crippen LogP contribution < -0.4 is 5.32 Å². The Morgan fingerprint density at radius 2 is 1.08 bits per heavy atom. The molecule has 48 heavy (non-hydrogen) atoms. The van der Waals surface area contributed by atoms with Gasteiger partial charge in [0, 0.05) is 17.5 Å². The van der Waals surface area contributed by atoms with Gasteiger partial charge in [0.25, 0.3) is 0 Å². The summed E-state index contributed by atoms with van der Waals surface area (Å²) in [5.74, 6) is -1.60. The van der Waals surface area contributed by atoms with Gasteiger partial charge in [-0.25, -0.2) is 19.2 Å². The minimum atomic E-state index is -0.753. The molecule has 3 aromatic rings. The van der Waals surface area contributed by atoms with Crippen LogP contribution in [0, 0.1) is 5.41 Å². The van der Waals surface area contributed by atoms with Crippen molar-refractivity contribution < 1.29 is 52.3 Å². The minimum Gasteiger partial charge on any atom is -0.467 e. The number of fused-ring (bicyclic) bond motifs is 2. The maximum atomic E-state index is 12.5. The molecule has 0 spiro atoms. The van der Waals surface area contributed by atoms with Gasteiger partial charge >= 0.3 is 24.0 Å². The third-order valence-electron chi connectivity index (χ3n) is 7.95. The first kappa shape index (κ1) is 38.2. The molecule has 12 heteroatoms. The molecule has 0 aliphatic rings. The number of rotatable bonds is 22. The number of methoxy groups -OCH3 is 3. The quantitative estimate of drug-likeness (QED) is 0.0659. The molecule has 3 aromatic carbocycles. The first-order valence-corrected chi connectivity index (χ1v) is 16.0. The fraction of sp³-hybridized carbons (Fsp3) is 0.500. The highest BCUT2D eigenvalue weighted by Crippen LogP contribution is 2.30. The zero-order valence-electron chi connectivity index (χ0n) is 28.1. The summed E-state index contributed by atoms with van der Waals surface area (Å²) in [5.41, 5.74) is 0.230. The van der Waals surface area contributed by atoms with Crippen LogP contribution >= 0.6 is 0 Å². The van der Waals surface area contributed by atoms with Crippen LogP contribution in [0.5, 0.6) is 0 Å². The highest BCUT2D eigenvalue weighted by Gasteiger charge is 2.32. The molecule has 0 saturated carbocycles. The van der Waals surface area contributed by atoms with E-state index < -0.39 is 29.4 Å². The maximum Gasteiger partial charge on any atom is 0.407 e. The smallest absolute Gasteiger partial charge is 0.407 e. The zero-order chi connectivity index (χ0) is 34.6. The highest BCUT2D eigenvalue weighted by atomic mass is 16.6. The largest absolute Gasteiger partial charge is 0.467 e. The van der Waals surface area contributed by atoms with Crippen LogP contribution in [0.2, 0.25) is 0 Å². The van der Waals surface area contributed by atoms with Gasteiger partial charge in [-0.05, 0) is 40.5 Å². The van der Waals surface area contributed by atoms with Gasteiger partial charge in [0.2, 0.25) is 0 Å². The first-order valence-electron chi connectivity index (χ1n) is 16.0. The molecule has 0 atom stereocenters. The van der Waals surface area contributed by atoms with Crippen LogP contribution in [0.1, 0.15) is 44.1 Å². The molecular weight excluding hydrogens is 622 g/mol. The predicted octanol–water partition coefficient (Wildman–Crippen LogP) is 5.12. The van der Waals surface area contributed by atoms with E-state index in [4.69, 9.17) is 18.9 Å². The Morgan fingerprint density at radius 3 is 1.58 bits per heavy atom. The number of amides is 1. The summed E-state index contributed by atoms with van der Waals surface area (Å²) in [6.45, 7) is 0.0937. The molecule has 0 radical (unpaired) electrons. The van der Waals surface area contributed by atoms with E-state index in [9.17, 15) is 19.2 Å². The van der Waals surface area contributed by atoms with Gasteiger partial charge in [-0.15, -0.1) is 0 Å². The molecule has 12 nitrogen and oxygen atoms in total. The van der Waals surface area contributed by atoms with Crippen molar-refractivity contribution in [3.05, 3.63) is 60.2 Å². The Hall–Kier alpha value is -4.26. The van der Waals surface area contributed by atoms with Crippen molar-refractivity contribution >= 4 is 45.5 Å². The maximum absolute atomic E-state index is 12.5. The number of nitrogens with one attached hydrogen (secondary N) is 1. The summed E-state index contributed by atoms with van der Waals surface area (Å²) in [7, 11) is 3.80. The van der Waals surface area contributed by atoms with Gasteiger partial charge in [0.05, 0.1) is 41.2 Å². The Morgan fingerprint density at radius 1 is 0.625 bits per heavy atom. The number of unbranched alkanes of at least 4 members (excludes halogenated alkanes) is 4. The molecule has 0 fully saturated rings. The van der Waals surface area contributed by atoms with Crippen molar-refractivity contribution in [3.8, 4) is 0 Å². The van der Waals surface area contributed by atoms with Gasteiger partial charge in [-0.3, -0.25) is 0 Å². The highest BCUT2D eigenvalue weighted by molar-refractivity contribution is 6.02. The van der Waals surface area contributed by atoms with Gasteiger partial charge in [0.1, 0.15) is 26.4 Å². The van der Waals surface area contributed by atoms with E-state index >= 15 is 0 Å². The summed E-state index contributed by atoms with van der Waals surface area (Å²) in [5, 5.41) is 7.18. The van der Waals surface area contributed by atoms with E-state index in [0.717, 1.165) is 59.2 Å². The summed E-state index contributed by atoms with van der Waals surface area (Å²) in [6, 6.07) is 18.3. The lowest BCUT2D eigenvalue weighted by molar-refractivity contribution is -0.155. The molecule has 0 aliphatic carbocycles. The molecule has 3 rings (SSSR count). The van der Waals surface area contributed by atoms with Crippen LogP contribution in [0.4, 0.5) is 4.79 Å². The lowest BCUT2D eigenvalue weighted by Crippen LogP contribution is -2.39. The Bertz CT molecular complexity index is 1370. The van der Waals surface area contributed by atoms with E-state index in [1.54, 1.807) is 0 Å². The van der Waals surface area contributed by atoms with Crippen molar-refractivity contribution in [2.24, 2.45) is 5.41 Å². The molecule has 0 aliphatic heterocycles. The molecule has 0 aromatic heterocycles. The van der Waals surface area contributed by atoms with Crippen molar-refractivity contribution in [1.82, 2.24) is 5.32 Å². The minimum absolute atomic E-state index is 0.0744. The second-order valence-electron chi connectivity index (χ2n) is 11.5. The fourth-order valence-electron chi connectivity index (χ4n) is 5.37. The second-order valence-corrected chi connectivity index (χ2v) is 11.5. The van der Waals surface area contributed by atoms with E-state index in [1.165, 1.54) is 21.3 Å². The molecule has 1 amide bonds. The molecular formula is C36H47NO11. The van der Waals surface area contributed by atoms with Crippen molar-refractivity contribution in [2.75, 3.05) is 67.5 Å². The van der Waals surface area contributed by atoms with Gasteiger partial charge in [-0.1, -0.05) is 74.2 Å². The molecule has 0 unspecified atom stereocenters. The molecule has 0 saturated heterocycles. The van der Waals surface area contributed by atoms with Crippen LogP contribution in [-0.2, 0) is 54.1 Å². The Balaban J connectivity index is 1.44. The number of alkyl carbamates (subject to hydrolysis) is 1. The van der Waals surface area contributed by atoms with Crippen molar-refractivity contribution in [3.63, 3.8) is 0 Å². The monoisotopic (exact) mass is 669 g/mol. The number of carbonyl (C=O) groups excluding carboxylic acids is 4. The third-order valence-corrected chi connectivity index (χ3v) is 7.95. The van der Waals surface area contributed by atoms with Crippen molar-refractivity contribution in [1.29, 1.82) is 0 Å². The van der Waals surface area contributed by atoms with E-state index in [-0.39, 0.29) is 46.2 Å². The van der Waals surface area contributed by atoms with Crippen LogP contribution in [-0.4, -0.2) is 91.5 Å². The summed E-state index contributed by atoms with van der Waals surface area (Å²) < 4.78 is 36.5. The summed E-state index contributed by atoms with van der Waals surface area (Å²) in [6.07, 6.45) is 4.32. The number of benzene rings is 3. The van der Waals surface area contributed by atoms with Gasteiger partial charge in [-0.2, -0.15) is 0 Å². The van der Waals surface area contributed by atoms with Crippen LogP contribution in [0.25, 0.3) is 21.5 Å². The third kappa shape index (κ3) is 12.7. The number of carbonyl (C=O) groups is 4. The van der Waals surface area contributed by atoms with Crippen LogP contribution in [0.15, 0.2) is 54.6 Å². The summed E-state index contributed by atoms with van der Waals surface area (Å²) >= 11 is 0. The van der Waals surface area contributed by atoms with Crippen LogP contribution in [0.3, 0.4) is 0 Å². The SMILES string of the molecule is COC(=O)COCC(CCCCCCCNC(=O)OCc1c2ccccc2cc2ccccc12)(COCC(=O)OC)COCC(=O)OC. The Labute approximate surface area is 281 Å². The number of hydrogen-bond acceptors (Lipinski definition) is 11. The van der Waals surface area contributed by atoms with E-state index in [2.05, 4.69) is 37.7 Å². The lowest BCUT2D eigenvalue weighted by Gasteiger charge is -2.33. The Kier molecular flexibility index (Phi) is 16.6. The number of esters is 3. The molecule has 0 heterocycles. The average Bonchev–Trinajstić information content (AvgIpc) is 3.10. The van der Waals surface area contributed by atoms with E-state index in [1.807, 2.05) is 36.4 Å².